The Morgan fingerprint density at radius 1 is 1.23 bits per heavy atom. The fraction of sp³-hybridized carbons (Fsp3) is 0.105. The van der Waals surface area contributed by atoms with E-state index in [2.05, 4.69) is 10.1 Å². The van der Waals surface area contributed by atoms with E-state index in [0.29, 0.717) is 33.6 Å². The van der Waals surface area contributed by atoms with Crippen molar-refractivity contribution in [1.82, 2.24) is 4.57 Å². The van der Waals surface area contributed by atoms with Crippen molar-refractivity contribution in [2.45, 2.75) is 6.92 Å². The molecule has 0 fully saturated rings. The Balaban J connectivity index is 2.00. The van der Waals surface area contributed by atoms with Crippen molar-refractivity contribution in [3.8, 4) is 5.88 Å². The van der Waals surface area contributed by atoms with Gasteiger partial charge in [0.2, 0.25) is 5.88 Å². The van der Waals surface area contributed by atoms with Crippen LogP contribution in [0.3, 0.4) is 0 Å². The minimum absolute atomic E-state index is 0.146. The lowest BCUT2D eigenvalue weighted by Crippen LogP contribution is -2.14. The lowest BCUT2D eigenvalue weighted by Gasteiger charge is -2.04. The maximum absolute atomic E-state index is 14.3. The molecule has 1 aliphatic rings. The van der Waals surface area contributed by atoms with Gasteiger partial charge in [-0.1, -0.05) is 35.5 Å². The highest BCUT2D eigenvalue weighted by molar-refractivity contribution is 6.58. The van der Waals surface area contributed by atoms with Crippen molar-refractivity contribution in [2.75, 3.05) is 0 Å². The first-order valence-corrected chi connectivity index (χ1v) is 7.89. The highest BCUT2D eigenvalue weighted by Gasteiger charge is 2.30. The molecule has 0 radical (unpaired) electrons. The fourth-order valence-corrected chi connectivity index (χ4v) is 3.13. The van der Waals surface area contributed by atoms with E-state index < -0.39 is 11.8 Å². The van der Waals surface area contributed by atoms with Gasteiger partial charge in [0.25, 0.3) is 0 Å². The summed E-state index contributed by atoms with van der Waals surface area (Å²) in [5.74, 6) is -1.18. The quantitative estimate of drug-likeness (QED) is 0.568. The van der Waals surface area contributed by atoms with Crippen LogP contribution in [0.25, 0.3) is 10.9 Å². The predicted molar refractivity (Wildman–Crippen MR) is 95.5 cm³/mol. The van der Waals surface area contributed by atoms with Gasteiger partial charge in [0.15, 0.2) is 0 Å². The zero-order chi connectivity index (χ0) is 18.4. The molecule has 0 saturated heterocycles. The number of halogens is 1. The summed E-state index contributed by atoms with van der Waals surface area (Å²) in [5, 5.41) is 15.0. The Morgan fingerprint density at radius 3 is 2.77 bits per heavy atom. The topological polar surface area (TPSA) is 76.2 Å². The van der Waals surface area contributed by atoms with Gasteiger partial charge >= 0.3 is 5.97 Å². The summed E-state index contributed by atoms with van der Waals surface area (Å²) in [4.78, 5) is 20.6. The molecule has 6 nitrogen and oxygen atoms in total. The molecule has 0 unspecified atom stereocenters. The standard InChI is InChI=1S/C19H14FN3O3/c1-10(24)26-22-16-11-6-3-4-9-14(11)21-17(16)15-12-7-5-8-13(20)18(12)23(2)19(15)25/h3-9,25H,1-2H3/b22-16+. The van der Waals surface area contributed by atoms with Crippen LogP contribution in [0.4, 0.5) is 10.1 Å². The van der Waals surface area contributed by atoms with Gasteiger partial charge in [0, 0.05) is 24.9 Å². The number of aryl methyl sites for hydroxylation is 1. The molecular formula is C19H14FN3O3. The minimum atomic E-state index is -0.575. The number of aliphatic imine (C=N–C) groups is 1. The molecule has 2 heterocycles. The minimum Gasteiger partial charge on any atom is -0.494 e. The van der Waals surface area contributed by atoms with Crippen LogP contribution in [0.1, 0.15) is 18.1 Å². The van der Waals surface area contributed by atoms with Crippen molar-refractivity contribution < 1.29 is 19.1 Å². The smallest absolute Gasteiger partial charge is 0.332 e. The first-order valence-electron chi connectivity index (χ1n) is 7.89. The predicted octanol–water partition coefficient (Wildman–Crippen LogP) is 3.42. The number of aromatic hydroxyl groups is 1. The van der Waals surface area contributed by atoms with Crippen LogP contribution >= 0.6 is 0 Å². The number of oxime groups is 1. The number of hydrogen-bond donors (Lipinski definition) is 1. The number of para-hydroxylation sites is 2. The summed E-state index contributed by atoms with van der Waals surface area (Å²) in [6, 6.07) is 11.8. The molecule has 0 atom stereocenters. The molecule has 1 N–H and O–H groups in total. The van der Waals surface area contributed by atoms with E-state index in [1.54, 1.807) is 31.3 Å². The lowest BCUT2D eigenvalue weighted by molar-refractivity contribution is -0.140. The molecule has 0 saturated carbocycles. The number of fused-ring (bicyclic) bond motifs is 2. The SMILES string of the molecule is CC(=O)O/N=C1/C(c2c(O)n(C)c3c(F)cccc23)=Nc2ccccc21. The van der Waals surface area contributed by atoms with Gasteiger partial charge in [-0.25, -0.2) is 14.2 Å². The molecule has 3 aromatic rings. The number of nitrogens with zero attached hydrogens (tertiary/aromatic N) is 3. The van der Waals surface area contributed by atoms with Gasteiger partial charge in [0.05, 0.1) is 16.8 Å². The summed E-state index contributed by atoms with van der Waals surface area (Å²) in [6.45, 7) is 1.24. The van der Waals surface area contributed by atoms with E-state index in [1.165, 1.54) is 17.6 Å². The molecule has 1 aromatic heterocycles. The molecule has 4 rings (SSSR count). The number of carbonyl (C=O) groups is 1. The van der Waals surface area contributed by atoms with Crippen LogP contribution < -0.4 is 0 Å². The van der Waals surface area contributed by atoms with E-state index in [9.17, 15) is 14.3 Å². The second-order valence-electron chi connectivity index (χ2n) is 5.89. The number of benzene rings is 2. The highest BCUT2D eigenvalue weighted by atomic mass is 19.1. The molecule has 2 aromatic carbocycles. The molecule has 130 valence electrons. The van der Waals surface area contributed by atoms with Gasteiger partial charge in [-0.2, -0.15) is 0 Å². The summed E-state index contributed by atoms with van der Waals surface area (Å²) in [5.41, 5.74) is 2.51. The van der Waals surface area contributed by atoms with Crippen molar-refractivity contribution in [3.63, 3.8) is 0 Å². The molecule has 7 heteroatoms. The van der Waals surface area contributed by atoms with E-state index in [1.807, 2.05) is 12.1 Å². The second-order valence-corrected chi connectivity index (χ2v) is 5.89. The van der Waals surface area contributed by atoms with E-state index >= 15 is 0 Å². The normalized spacial score (nSPS) is 14.6. The summed E-state index contributed by atoms with van der Waals surface area (Å²) in [7, 11) is 1.57. The molecule has 26 heavy (non-hydrogen) atoms. The Kier molecular flexibility index (Phi) is 3.57. The zero-order valence-electron chi connectivity index (χ0n) is 14.0. The molecular weight excluding hydrogens is 337 g/mol. The third-order valence-corrected chi connectivity index (χ3v) is 4.25. The van der Waals surface area contributed by atoms with Crippen LogP contribution in [-0.2, 0) is 16.7 Å². The Bertz CT molecular complexity index is 1130. The lowest BCUT2D eigenvalue weighted by atomic mass is 10.0. The summed E-state index contributed by atoms with van der Waals surface area (Å²) < 4.78 is 15.6. The van der Waals surface area contributed by atoms with E-state index in [-0.39, 0.29) is 11.4 Å². The maximum Gasteiger partial charge on any atom is 0.332 e. The van der Waals surface area contributed by atoms with Crippen LogP contribution in [-0.4, -0.2) is 27.1 Å². The molecule has 0 aliphatic carbocycles. The zero-order valence-corrected chi connectivity index (χ0v) is 14.0. The molecule has 1 aliphatic heterocycles. The van der Waals surface area contributed by atoms with Crippen LogP contribution in [0.2, 0.25) is 0 Å². The fourth-order valence-electron chi connectivity index (χ4n) is 3.13. The summed E-state index contributed by atoms with van der Waals surface area (Å²) >= 11 is 0. The monoisotopic (exact) mass is 351 g/mol. The van der Waals surface area contributed by atoms with Gasteiger partial charge in [-0.15, -0.1) is 0 Å². The summed E-state index contributed by atoms with van der Waals surface area (Å²) in [6.07, 6.45) is 0. The van der Waals surface area contributed by atoms with Crippen molar-refractivity contribution in [1.29, 1.82) is 0 Å². The number of aromatic nitrogens is 1. The molecule has 0 amide bonds. The van der Waals surface area contributed by atoms with Gasteiger partial charge in [-0.05, 0) is 12.1 Å². The first-order chi connectivity index (χ1) is 12.5. The second kappa shape index (κ2) is 5.80. The number of carbonyl (C=O) groups excluding carboxylic acids is 1. The van der Waals surface area contributed by atoms with Crippen molar-refractivity contribution in [3.05, 3.63) is 59.4 Å². The third-order valence-electron chi connectivity index (χ3n) is 4.25. The molecule has 0 spiro atoms. The van der Waals surface area contributed by atoms with Crippen molar-refractivity contribution >= 4 is 34.0 Å². The highest BCUT2D eigenvalue weighted by Crippen LogP contribution is 2.37. The van der Waals surface area contributed by atoms with E-state index in [4.69, 9.17) is 4.84 Å². The molecule has 0 bridgehead atoms. The maximum atomic E-state index is 14.3. The van der Waals surface area contributed by atoms with E-state index in [0.717, 1.165) is 0 Å². The van der Waals surface area contributed by atoms with Crippen LogP contribution in [0, 0.1) is 5.82 Å². The van der Waals surface area contributed by atoms with Gasteiger partial charge < -0.3 is 14.5 Å². The van der Waals surface area contributed by atoms with Gasteiger partial charge in [-0.3, -0.25) is 0 Å². The first kappa shape index (κ1) is 16.0. The Morgan fingerprint density at radius 2 is 2.00 bits per heavy atom. The number of hydrogen-bond acceptors (Lipinski definition) is 5. The Labute approximate surface area is 147 Å². The van der Waals surface area contributed by atoms with Crippen LogP contribution in [0.15, 0.2) is 52.6 Å². The average Bonchev–Trinajstić information content (AvgIpc) is 3.09. The third kappa shape index (κ3) is 2.28. The van der Waals surface area contributed by atoms with Crippen LogP contribution in [0.5, 0.6) is 5.88 Å². The van der Waals surface area contributed by atoms with Crippen molar-refractivity contribution in [2.24, 2.45) is 17.2 Å². The number of rotatable bonds is 2. The average molecular weight is 351 g/mol. The largest absolute Gasteiger partial charge is 0.494 e. The Hall–Kier alpha value is -3.48. The van der Waals surface area contributed by atoms with Gasteiger partial charge in [0.1, 0.15) is 17.2 Å².